The Bertz CT molecular complexity index is 412. The van der Waals surface area contributed by atoms with Crippen molar-refractivity contribution in [1.29, 1.82) is 0 Å². The van der Waals surface area contributed by atoms with E-state index in [1.165, 1.54) is 0 Å². The van der Waals surface area contributed by atoms with Crippen LogP contribution < -0.4 is 10.1 Å². The van der Waals surface area contributed by atoms with Crippen LogP contribution in [0.15, 0.2) is 24.3 Å². The van der Waals surface area contributed by atoms with Gasteiger partial charge in [0.05, 0.1) is 0 Å². The molecule has 20 heavy (non-hydrogen) atoms. The van der Waals surface area contributed by atoms with Gasteiger partial charge in [0, 0.05) is 25.1 Å². The number of anilines is 1. The van der Waals surface area contributed by atoms with Crippen molar-refractivity contribution in [2.45, 2.75) is 52.1 Å². The first kappa shape index (κ1) is 16.5. The first-order chi connectivity index (χ1) is 9.46. The molecule has 4 heteroatoms. The fraction of sp³-hybridized carbons (Fsp3) is 0.562. The minimum Gasteiger partial charge on any atom is -0.488 e. The quantitative estimate of drug-likeness (QED) is 0.767. The number of aliphatic hydroxyl groups excluding tert-OH is 1. The Morgan fingerprint density at radius 2 is 1.95 bits per heavy atom. The van der Waals surface area contributed by atoms with Gasteiger partial charge in [0.15, 0.2) is 0 Å². The highest BCUT2D eigenvalue weighted by Crippen LogP contribution is 2.22. The van der Waals surface area contributed by atoms with Crippen molar-refractivity contribution < 1.29 is 14.6 Å². The van der Waals surface area contributed by atoms with Crippen LogP contribution in [0.2, 0.25) is 0 Å². The van der Waals surface area contributed by atoms with E-state index in [0.717, 1.165) is 24.3 Å². The van der Waals surface area contributed by atoms with Gasteiger partial charge in [-0.05, 0) is 44.5 Å². The van der Waals surface area contributed by atoms with Gasteiger partial charge in [-0.3, -0.25) is 4.79 Å². The second-order valence-corrected chi connectivity index (χ2v) is 5.51. The molecule has 1 aromatic carbocycles. The predicted octanol–water partition coefficient (Wildman–Crippen LogP) is 3.36. The molecule has 4 nitrogen and oxygen atoms in total. The van der Waals surface area contributed by atoms with E-state index < -0.39 is 5.60 Å². The number of hydrogen-bond acceptors (Lipinski definition) is 3. The molecule has 0 aliphatic carbocycles. The van der Waals surface area contributed by atoms with Crippen LogP contribution in [0.25, 0.3) is 0 Å². The molecule has 1 rings (SSSR count). The second kappa shape index (κ2) is 7.90. The molecule has 0 atom stereocenters. The van der Waals surface area contributed by atoms with Crippen LogP contribution in [-0.2, 0) is 4.79 Å². The van der Waals surface area contributed by atoms with E-state index in [1.807, 2.05) is 38.1 Å². The highest BCUT2D eigenvalue weighted by atomic mass is 16.5. The molecule has 0 spiro atoms. The van der Waals surface area contributed by atoms with Crippen LogP contribution in [0.4, 0.5) is 5.69 Å². The molecule has 0 fully saturated rings. The Morgan fingerprint density at radius 1 is 1.30 bits per heavy atom. The number of ether oxygens (including phenoxy) is 1. The lowest BCUT2D eigenvalue weighted by atomic mass is 10.1. The van der Waals surface area contributed by atoms with Gasteiger partial charge in [-0.2, -0.15) is 0 Å². The summed E-state index contributed by atoms with van der Waals surface area (Å²) < 4.78 is 5.79. The lowest BCUT2D eigenvalue weighted by Gasteiger charge is -2.25. The molecule has 0 aromatic heterocycles. The largest absolute Gasteiger partial charge is 0.488 e. The summed E-state index contributed by atoms with van der Waals surface area (Å²) in [4.78, 5) is 11.6. The summed E-state index contributed by atoms with van der Waals surface area (Å²) in [6, 6.07) is 7.31. The molecular formula is C16H25NO3. The number of hydrogen-bond donors (Lipinski definition) is 2. The Morgan fingerprint density at radius 3 is 2.50 bits per heavy atom. The third-order valence-electron chi connectivity index (χ3n) is 3.00. The van der Waals surface area contributed by atoms with Gasteiger partial charge in [-0.25, -0.2) is 0 Å². The van der Waals surface area contributed by atoms with Crippen molar-refractivity contribution in [1.82, 2.24) is 0 Å². The van der Waals surface area contributed by atoms with Gasteiger partial charge < -0.3 is 15.2 Å². The molecule has 0 radical (unpaired) electrons. The van der Waals surface area contributed by atoms with Crippen LogP contribution in [0, 0.1) is 0 Å². The van der Waals surface area contributed by atoms with Crippen LogP contribution in [0.5, 0.6) is 5.75 Å². The molecule has 0 aliphatic rings. The van der Waals surface area contributed by atoms with Crippen LogP contribution in [0.3, 0.4) is 0 Å². The van der Waals surface area contributed by atoms with Crippen LogP contribution >= 0.6 is 0 Å². The van der Waals surface area contributed by atoms with Gasteiger partial charge in [0.25, 0.3) is 0 Å². The summed E-state index contributed by atoms with van der Waals surface area (Å²) >= 11 is 0. The minimum atomic E-state index is -0.402. The Labute approximate surface area is 121 Å². The number of rotatable bonds is 8. The molecule has 0 bridgehead atoms. The van der Waals surface area contributed by atoms with E-state index >= 15 is 0 Å². The summed E-state index contributed by atoms with van der Waals surface area (Å²) in [5.74, 6) is 0.774. The summed E-state index contributed by atoms with van der Waals surface area (Å²) in [5.41, 5.74) is 0.374. The van der Waals surface area contributed by atoms with Crippen molar-refractivity contribution in [3.63, 3.8) is 0 Å². The first-order valence-corrected chi connectivity index (χ1v) is 7.16. The zero-order valence-electron chi connectivity index (χ0n) is 12.6. The lowest BCUT2D eigenvalue weighted by molar-refractivity contribution is -0.116. The molecular weight excluding hydrogens is 254 g/mol. The van der Waals surface area contributed by atoms with E-state index in [2.05, 4.69) is 12.2 Å². The molecule has 0 unspecified atom stereocenters. The van der Waals surface area contributed by atoms with Crippen molar-refractivity contribution in [3.05, 3.63) is 24.3 Å². The summed E-state index contributed by atoms with van der Waals surface area (Å²) in [6.07, 6.45) is 3.04. The average Bonchev–Trinajstić information content (AvgIpc) is 2.38. The summed E-state index contributed by atoms with van der Waals surface area (Å²) in [5, 5.41) is 11.8. The standard InChI is InChI=1S/C16H25NO3/c1-4-5-6-15(19)17-13-7-9-14(10-8-13)20-16(2,3)11-12-18/h7-10,18H,4-6,11-12H2,1-3H3,(H,17,19). The highest BCUT2D eigenvalue weighted by Gasteiger charge is 2.18. The number of amides is 1. The fourth-order valence-corrected chi connectivity index (χ4v) is 1.81. The van der Waals surface area contributed by atoms with E-state index in [1.54, 1.807) is 0 Å². The first-order valence-electron chi connectivity index (χ1n) is 7.16. The van der Waals surface area contributed by atoms with E-state index in [-0.39, 0.29) is 12.5 Å². The molecule has 1 aromatic rings. The summed E-state index contributed by atoms with van der Waals surface area (Å²) in [6.45, 7) is 6.03. The van der Waals surface area contributed by atoms with E-state index in [9.17, 15) is 4.79 Å². The maximum atomic E-state index is 11.6. The lowest BCUT2D eigenvalue weighted by Crippen LogP contribution is -2.29. The molecule has 2 N–H and O–H groups in total. The third kappa shape index (κ3) is 6.06. The van der Waals surface area contributed by atoms with Gasteiger partial charge in [0.2, 0.25) is 5.91 Å². The average molecular weight is 279 g/mol. The number of unbranched alkanes of at least 4 members (excludes halogenated alkanes) is 1. The maximum Gasteiger partial charge on any atom is 0.224 e. The Hall–Kier alpha value is -1.55. The van der Waals surface area contributed by atoms with Gasteiger partial charge in [0.1, 0.15) is 11.4 Å². The van der Waals surface area contributed by atoms with Crippen molar-refractivity contribution >= 4 is 11.6 Å². The SMILES string of the molecule is CCCCC(=O)Nc1ccc(OC(C)(C)CCO)cc1. The van der Waals surface area contributed by atoms with Crippen LogP contribution in [-0.4, -0.2) is 23.2 Å². The number of carbonyl (C=O) groups is 1. The van der Waals surface area contributed by atoms with Gasteiger partial charge in [-0.1, -0.05) is 13.3 Å². The monoisotopic (exact) mass is 279 g/mol. The minimum absolute atomic E-state index is 0.0427. The molecule has 0 saturated heterocycles. The van der Waals surface area contributed by atoms with Gasteiger partial charge in [-0.15, -0.1) is 0 Å². The van der Waals surface area contributed by atoms with Crippen molar-refractivity contribution in [2.24, 2.45) is 0 Å². The molecule has 112 valence electrons. The number of nitrogens with one attached hydrogen (secondary N) is 1. The maximum absolute atomic E-state index is 11.6. The normalized spacial score (nSPS) is 11.2. The predicted molar refractivity (Wildman–Crippen MR) is 81.0 cm³/mol. The fourth-order valence-electron chi connectivity index (χ4n) is 1.81. The second-order valence-electron chi connectivity index (χ2n) is 5.51. The number of carbonyl (C=O) groups excluding carboxylic acids is 1. The molecule has 0 heterocycles. The smallest absolute Gasteiger partial charge is 0.224 e. The van der Waals surface area contributed by atoms with Crippen molar-refractivity contribution in [3.8, 4) is 5.75 Å². The van der Waals surface area contributed by atoms with E-state index in [0.29, 0.717) is 12.8 Å². The Balaban J connectivity index is 2.54. The molecule has 0 aliphatic heterocycles. The molecule has 0 saturated carbocycles. The zero-order valence-corrected chi connectivity index (χ0v) is 12.6. The summed E-state index contributed by atoms with van der Waals surface area (Å²) in [7, 11) is 0. The van der Waals surface area contributed by atoms with Gasteiger partial charge >= 0.3 is 0 Å². The topological polar surface area (TPSA) is 58.6 Å². The third-order valence-corrected chi connectivity index (χ3v) is 3.00. The highest BCUT2D eigenvalue weighted by molar-refractivity contribution is 5.90. The van der Waals surface area contributed by atoms with Crippen molar-refractivity contribution in [2.75, 3.05) is 11.9 Å². The van der Waals surface area contributed by atoms with E-state index in [4.69, 9.17) is 9.84 Å². The molecule has 1 amide bonds. The zero-order chi connectivity index (χ0) is 15.0. The Kier molecular flexibility index (Phi) is 6.52. The van der Waals surface area contributed by atoms with Crippen LogP contribution in [0.1, 0.15) is 46.5 Å². The number of aliphatic hydroxyl groups is 1. The number of benzene rings is 1.